The Hall–Kier alpha value is -1.93. The van der Waals surface area contributed by atoms with Crippen LogP contribution in [0.25, 0.3) is 11.2 Å². The molecular formula is C16H25N5O3. The lowest BCUT2D eigenvalue weighted by Gasteiger charge is -2.35. The van der Waals surface area contributed by atoms with Gasteiger partial charge >= 0.3 is 5.69 Å². The fourth-order valence-electron chi connectivity index (χ4n) is 3.51. The van der Waals surface area contributed by atoms with Crippen LogP contribution < -0.4 is 11.2 Å². The summed E-state index contributed by atoms with van der Waals surface area (Å²) in [7, 11) is 3.42. The summed E-state index contributed by atoms with van der Waals surface area (Å²) in [6.07, 6.45) is 2.75. The molecule has 0 bridgehead atoms. The highest BCUT2D eigenvalue weighted by molar-refractivity contribution is 5.69. The van der Waals surface area contributed by atoms with Gasteiger partial charge in [-0.1, -0.05) is 0 Å². The molecule has 1 fully saturated rings. The number of aromatic nitrogens is 4. The van der Waals surface area contributed by atoms with E-state index in [0.717, 1.165) is 26.1 Å². The number of ether oxygens (including phenoxy) is 1. The van der Waals surface area contributed by atoms with Gasteiger partial charge < -0.3 is 9.30 Å². The van der Waals surface area contributed by atoms with Crippen molar-refractivity contribution in [2.45, 2.75) is 39.0 Å². The van der Waals surface area contributed by atoms with Gasteiger partial charge in [-0.05, 0) is 20.3 Å². The predicted octanol–water partition coefficient (Wildman–Crippen LogP) is -0.0670. The Morgan fingerprint density at radius 3 is 2.50 bits per heavy atom. The predicted molar refractivity (Wildman–Crippen MR) is 91.3 cm³/mol. The first-order valence-corrected chi connectivity index (χ1v) is 8.37. The first kappa shape index (κ1) is 16.9. The minimum absolute atomic E-state index is 0.218. The van der Waals surface area contributed by atoms with Crippen LogP contribution in [0.15, 0.2) is 15.9 Å². The van der Waals surface area contributed by atoms with Crippen molar-refractivity contribution in [3.8, 4) is 0 Å². The SMILES string of the molecule is C[C@H]1CN(CCCn2c(=O)c3c(ncn3C)n(C)c2=O)C[C@H](C)O1. The summed E-state index contributed by atoms with van der Waals surface area (Å²) in [6.45, 7) is 7.16. The molecule has 0 radical (unpaired) electrons. The Kier molecular flexibility index (Phi) is 4.60. The van der Waals surface area contributed by atoms with Crippen LogP contribution in [0, 0.1) is 0 Å². The lowest BCUT2D eigenvalue weighted by molar-refractivity contribution is -0.0682. The number of hydrogen-bond acceptors (Lipinski definition) is 5. The molecule has 2 aromatic rings. The quantitative estimate of drug-likeness (QED) is 0.782. The molecule has 0 aromatic carbocycles. The van der Waals surface area contributed by atoms with Gasteiger partial charge in [-0.3, -0.25) is 18.8 Å². The van der Waals surface area contributed by atoms with Crippen molar-refractivity contribution in [1.82, 2.24) is 23.6 Å². The van der Waals surface area contributed by atoms with Crippen LogP contribution in [0.2, 0.25) is 0 Å². The molecule has 0 unspecified atom stereocenters. The number of nitrogens with zero attached hydrogens (tertiary/aromatic N) is 5. The number of imidazole rings is 1. The third-order valence-corrected chi connectivity index (χ3v) is 4.55. The molecule has 2 atom stereocenters. The molecule has 0 amide bonds. The normalized spacial score (nSPS) is 22.3. The number of rotatable bonds is 4. The average molecular weight is 335 g/mol. The maximum absolute atomic E-state index is 12.6. The van der Waals surface area contributed by atoms with Crippen LogP contribution in [-0.2, 0) is 25.4 Å². The van der Waals surface area contributed by atoms with Gasteiger partial charge in [0.2, 0.25) is 0 Å². The molecular weight excluding hydrogens is 310 g/mol. The summed E-state index contributed by atoms with van der Waals surface area (Å²) in [5.74, 6) is 0. The number of morpholine rings is 1. The summed E-state index contributed by atoms with van der Waals surface area (Å²) in [5.41, 5.74) is 0.317. The zero-order chi connectivity index (χ0) is 17.4. The number of hydrogen-bond donors (Lipinski definition) is 0. The fourth-order valence-corrected chi connectivity index (χ4v) is 3.51. The van der Waals surface area contributed by atoms with Gasteiger partial charge in [-0.2, -0.15) is 0 Å². The molecule has 0 spiro atoms. The topological polar surface area (TPSA) is 74.3 Å². The van der Waals surface area contributed by atoms with Crippen molar-refractivity contribution in [3.05, 3.63) is 27.2 Å². The van der Waals surface area contributed by atoms with Crippen LogP contribution in [0.3, 0.4) is 0 Å². The monoisotopic (exact) mass is 335 g/mol. The van der Waals surface area contributed by atoms with Crippen molar-refractivity contribution in [2.24, 2.45) is 14.1 Å². The van der Waals surface area contributed by atoms with Crippen molar-refractivity contribution < 1.29 is 4.74 Å². The third-order valence-electron chi connectivity index (χ3n) is 4.55. The standard InChI is InChI=1S/C16H25N5O3/c1-11-8-20(9-12(2)24-11)6-5-7-21-15(22)13-14(17-10-18(13)3)19(4)16(21)23/h10-12H,5-9H2,1-4H3/t11-,12-/m0/s1. The summed E-state index contributed by atoms with van der Waals surface area (Å²) >= 11 is 0. The van der Waals surface area contributed by atoms with E-state index in [1.807, 2.05) is 0 Å². The smallest absolute Gasteiger partial charge is 0.332 e. The summed E-state index contributed by atoms with van der Waals surface area (Å²) in [6, 6.07) is 0. The van der Waals surface area contributed by atoms with E-state index in [4.69, 9.17) is 4.74 Å². The first-order valence-electron chi connectivity index (χ1n) is 8.37. The first-order chi connectivity index (χ1) is 11.4. The van der Waals surface area contributed by atoms with Crippen LogP contribution in [0.5, 0.6) is 0 Å². The zero-order valence-electron chi connectivity index (χ0n) is 14.7. The summed E-state index contributed by atoms with van der Waals surface area (Å²) < 4.78 is 10.2. The van der Waals surface area contributed by atoms with Crippen molar-refractivity contribution in [2.75, 3.05) is 19.6 Å². The Bertz CT molecular complexity index is 840. The molecule has 3 heterocycles. The highest BCUT2D eigenvalue weighted by Crippen LogP contribution is 2.11. The van der Waals surface area contributed by atoms with E-state index in [0.29, 0.717) is 17.7 Å². The molecule has 2 aromatic heterocycles. The van der Waals surface area contributed by atoms with Crippen LogP contribution in [0.4, 0.5) is 0 Å². The molecule has 8 heteroatoms. The third kappa shape index (κ3) is 3.03. The highest BCUT2D eigenvalue weighted by atomic mass is 16.5. The molecule has 0 aliphatic carbocycles. The van der Waals surface area contributed by atoms with Gasteiger partial charge in [-0.15, -0.1) is 0 Å². The molecule has 0 N–H and O–H groups in total. The van der Waals surface area contributed by atoms with Crippen LogP contribution in [-0.4, -0.2) is 55.4 Å². The number of aryl methyl sites for hydroxylation is 2. The Balaban J connectivity index is 1.77. The van der Waals surface area contributed by atoms with E-state index < -0.39 is 0 Å². The van der Waals surface area contributed by atoms with Crippen LogP contribution >= 0.6 is 0 Å². The van der Waals surface area contributed by atoms with Crippen molar-refractivity contribution in [1.29, 1.82) is 0 Å². The Morgan fingerprint density at radius 1 is 1.17 bits per heavy atom. The van der Waals surface area contributed by atoms with Gasteiger partial charge in [0.05, 0.1) is 18.5 Å². The molecule has 0 saturated carbocycles. The fraction of sp³-hybridized carbons (Fsp3) is 0.688. The minimum atomic E-state index is -0.310. The van der Waals surface area contributed by atoms with E-state index in [1.165, 1.54) is 9.13 Å². The van der Waals surface area contributed by atoms with Gasteiger partial charge in [0, 0.05) is 40.3 Å². The van der Waals surface area contributed by atoms with Gasteiger partial charge in [0.1, 0.15) is 0 Å². The molecule has 132 valence electrons. The van der Waals surface area contributed by atoms with Gasteiger partial charge in [0.25, 0.3) is 5.56 Å². The molecule has 1 aliphatic heterocycles. The summed E-state index contributed by atoms with van der Waals surface area (Å²) in [5, 5.41) is 0. The summed E-state index contributed by atoms with van der Waals surface area (Å²) in [4.78, 5) is 31.5. The maximum Gasteiger partial charge on any atom is 0.332 e. The van der Waals surface area contributed by atoms with Crippen LogP contribution in [0.1, 0.15) is 20.3 Å². The zero-order valence-corrected chi connectivity index (χ0v) is 14.7. The van der Waals surface area contributed by atoms with E-state index in [1.54, 1.807) is 25.0 Å². The van der Waals surface area contributed by atoms with E-state index in [9.17, 15) is 9.59 Å². The molecule has 1 aliphatic rings. The van der Waals surface area contributed by atoms with Crippen molar-refractivity contribution in [3.63, 3.8) is 0 Å². The molecule has 3 rings (SSSR count). The van der Waals surface area contributed by atoms with E-state index >= 15 is 0 Å². The van der Waals surface area contributed by atoms with E-state index in [2.05, 4.69) is 23.7 Å². The highest BCUT2D eigenvalue weighted by Gasteiger charge is 2.22. The maximum atomic E-state index is 12.6. The largest absolute Gasteiger partial charge is 0.373 e. The minimum Gasteiger partial charge on any atom is -0.373 e. The Morgan fingerprint density at radius 2 is 1.83 bits per heavy atom. The average Bonchev–Trinajstić information content (AvgIpc) is 2.89. The molecule has 24 heavy (non-hydrogen) atoms. The second-order valence-corrected chi connectivity index (χ2v) is 6.70. The second kappa shape index (κ2) is 6.52. The van der Waals surface area contributed by atoms with E-state index in [-0.39, 0.29) is 23.5 Å². The lowest BCUT2D eigenvalue weighted by Crippen LogP contribution is -2.46. The molecule has 1 saturated heterocycles. The van der Waals surface area contributed by atoms with Gasteiger partial charge in [0.15, 0.2) is 11.2 Å². The number of fused-ring (bicyclic) bond motifs is 1. The Labute approximate surface area is 140 Å². The van der Waals surface area contributed by atoms with Crippen molar-refractivity contribution >= 4 is 11.2 Å². The second-order valence-electron chi connectivity index (χ2n) is 6.70. The lowest BCUT2D eigenvalue weighted by atomic mass is 10.2. The molecule has 8 nitrogen and oxygen atoms in total. The van der Waals surface area contributed by atoms with Gasteiger partial charge in [-0.25, -0.2) is 9.78 Å².